The van der Waals surface area contributed by atoms with E-state index < -0.39 is 11.9 Å². The lowest BCUT2D eigenvalue weighted by Gasteiger charge is -2.36. The summed E-state index contributed by atoms with van der Waals surface area (Å²) >= 11 is 6.38. The number of carbonyl (C=O) groups is 2. The average molecular weight is 350 g/mol. The number of hydrogen-bond donors (Lipinski definition) is 0. The second-order valence-corrected chi connectivity index (χ2v) is 5.93. The molecular formula is C18H20ClNO4. The van der Waals surface area contributed by atoms with Gasteiger partial charge in [-0.2, -0.15) is 0 Å². The van der Waals surface area contributed by atoms with Crippen LogP contribution in [0.5, 0.6) is 0 Å². The highest BCUT2D eigenvalue weighted by Gasteiger charge is 2.36. The van der Waals surface area contributed by atoms with Crippen molar-refractivity contribution in [2.45, 2.75) is 19.8 Å². The molecule has 1 atom stereocenters. The first-order chi connectivity index (χ1) is 11.4. The molecule has 1 unspecified atom stereocenters. The minimum absolute atomic E-state index is 0.0728. The van der Waals surface area contributed by atoms with E-state index in [1.807, 2.05) is 44.0 Å². The number of rotatable bonds is 5. The molecule has 6 heteroatoms. The van der Waals surface area contributed by atoms with Crippen molar-refractivity contribution in [1.29, 1.82) is 0 Å². The number of esters is 1. The van der Waals surface area contributed by atoms with Gasteiger partial charge < -0.3 is 14.4 Å². The maximum Gasteiger partial charge on any atom is 0.336 e. The molecule has 0 radical (unpaired) electrons. The van der Waals surface area contributed by atoms with Crippen molar-refractivity contribution < 1.29 is 19.1 Å². The van der Waals surface area contributed by atoms with Crippen molar-refractivity contribution in [1.82, 2.24) is 4.90 Å². The topological polar surface area (TPSA) is 55.8 Å². The summed E-state index contributed by atoms with van der Waals surface area (Å²) in [7, 11) is 3.20. The number of ether oxygens (including phenoxy) is 2. The molecule has 1 aromatic carbocycles. The van der Waals surface area contributed by atoms with Gasteiger partial charge in [0.1, 0.15) is 6.61 Å². The van der Waals surface area contributed by atoms with Crippen molar-refractivity contribution >= 4 is 24.0 Å². The molecule has 5 nitrogen and oxygen atoms in total. The SMILES string of the molecule is COC(=O)C1=C(C)N(C)C(C)=C(COC=O)C1c1ccccc1Cl. The number of carbonyl (C=O) groups excluding carboxylic acids is 2. The van der Waals surface area contributed by atoms with Gasteiger partial charge in [0, 0.05) is 29.4 Å². The Morgan fingerprint density at radius 2 is 1.96 bits per heavy atom. The Bertz CT molecular complexity index is 723. The van der Waals surface area contributed by atoms with Gasteiger partial charge in [0.25, 0.3) is 6.47 Å². The summed E-state index contributed by atoms with van der Waals surface area (Å²) < 4.78 is 9.99. The van der Waals surface area contributed by atoms with E-state index >= 15 is 0 Å². The van der Waals surface area contributed by atoms with Crippen molar-refractivity contribution in [2.75, 3.05) is 20.8 Å². The van der Waals surface area contributed by atoms with Crippen LogP contribution in [0, 0.1) is 0 Å². The largest absolute Gasteiger partial charge is 0.466 e. The van der Waals surface area contributed by atoms with Crippen molar-refractivity contribution in [3.8, 4) is 0 Å². The number of hydrogen-bond acceptors (Lipinski definition) is 5. The molecule has 1 aliphatic heterocycles. The molecule has 1 aromatic rings. The molecule has 0 saturated carbocycles. The first-order valence-electron chi connectivity index (χ1n) is 7.46. The Balaban J connectivity index is 2.70. The lowest BCUT2D eigenvalue weighted by atomic mass is 9.80. The molecule has 0 spiro atoms. The Labute approximate surface area is 146 Å². The molecule has 0 amide bonds. The second-order valence-electron chi connectivity index (χ2n) is 5.52. The smallest absolute Gasteiger partial charge is 0.336 e. The van der Waals surface area contributed by atoms with E-state index in [1.165, 1.54) is 7.11 Å². The number of allylic oxidation sites excluding steroid dienone is 2. The number of methoxy groups -OCH3 is 1. The molecule has 1 heterocycles. The maximum absolute atomic E-state index is 12.5. The highest BCUT2D eigenvalue weighted by Crippen LogP contribution is 2.43. The van der Waals surface area contributed by atoms with E-state index in [2.05, 4.69) is 0 Å². The van der Waals surface area contributed by atoms with E-state index in [4.69, 9.17) is 21.1 Å². The van der Waals surface area contributed by atoms with Gasteiger partial charge >= 0.3 is 5.97 Å². The Hall–Kier alpha value is -2.27. The fourth-order valence-corrected chi connectivity index (χ4v) is 3.22. The molecule has 0 saturated heterocycles. The van der Waals surface area contributed by atoms with Gasteiger partial charge in [-0.1, -0.05) is 29.8 Å². The lowest BCUT2D eigenvalue weighted by Crippen LogP contribution is -2.31. The van der Waals surface area contributed by atoms with E-state index in [9.17, 15) is 9.59 Å². The van der Waals surface area contributed by atoms with Gasteiger partial charge in [-0.15, -0.1) is 0 Å². The van der Waals surface area contributed by atoms with E-state index in [0.29, 0.717) is 17.1 Å². The van der Waals surface area contributed by atoms with Crippen LogP contribution in [0.2, 0.25) is 5.02 Å². The van der Waals surface area contributed by atoms with Crippen LogP contribution >= 0.6 is 11.6 Å². The minimum atomic E-state index is -0.430. The van der Waals surface area contributed by atoms with Crippen molar-refractivity contribution in [2.24, 2.45) is 0 Å². The van der Waals surface area contributed by atoms with E-state index in [0.717, 1.165) is 22.5 Å². The molecule has 128 valence electrons. The zero-order valence-corrected chi connectivity index (χ0v) is 14.9. The zero-order valence-electron chi connectivity index (χ0n) is 14.1. The van der Waals surface area contributed by atoms with E-state index in [-0.39, 0.29) is 6.61 Å². The third-order valence-corrected chi connectivity index (χ3v) is 4.77. The summed E-state index contributed by atoms with van der Waals surface area (Å²) in [6.07, 6.45) is 0. The van der Waals surface area contributed by atoms with Crippen LogP contribution in [-0.4, -0.2) is 38.1 Å². The standard InChI is InChI=1S/C18H20ClNO4/c1-11-14(9-24-10-21)17(13-7-5-6-8-15(13)19)16(18(22)23-4)12(2)20(11)3/h5-8,10,17H,9H2,1-4H3. The van der Waals surface area contributed by atoms with Crippen LogP contribution in [0.15, 0.2) is 46.8 Å². The van der Waals surface area contributed by atoms with Crippen LogP contribution in [0.25, 0.3) is 0 Å². The summed E-state index contributed by atoms with van der Waals surface area (Å²) in [4.78, 5) is 25.0. The Morgan fingerprint density at radius 3 is 2.54 bits per heavy atom. The van der Waals surface area contributed by atoms with Crippen LogP contribution in [0.4, 0.5) is 0 Å². The quantitative estimate of drug-likeness (QED) is 0.603. The summed E-state index contributed by atoms with van der Waals surface area (Å²) in [5.74, 6) is -0.859. The molecule has 0 fully saturated rings. The second kappa shape index (κ2) is 7.53. The average Bonchev–Trinajstić information content (AvgIpc) is 2.58. The monoisotopic (exact) mass is 349 g/mol. The zero-order chi connectivity index (χ0) is 17.9. The molecule has 0 aromatic heterocycles. The third kappa shape index (κ3) is 3.17. The maximum atomic E-state index is 12.5. The van der Waals surface area contributed by atoms with Gasteiger partial charge in [-0.25, -0.2) is 4.79 Å². The number of halogens is 1. The van der Waals surface area contributed by atoms with Gasteiger partial charge in [0.05, 0.1) is 12.7 Å². The minimum Gasteiger partial charge on any atom is -0.466 e. The summed E-state index contributed by atoms with van der Waals surface area (Å²) in [5.41, 5.74) is 3.74. The third-order valence-electron chi connectivity index (χ3n) is 4.43. The molecule has 0 bridgehead atoms. The first kappa shape index (κ1) is 18.1. The molecule has 0 aliphatic carbocycles. The van der Waals surface area contributed by atoms with Gasteiger partial charge in [0.2, 0.25) is 0 Å². The summed E-state index contributed by atoms with van der Waals surface area (Å²) in [5, 5.41) is 0.539. The van der Waals surface area contributed by atoms with Crippen LogP contribution < -0.4 is 0 Å². The lowest BCUT2D eigenvalue weighted by molar-refractivity contribution is -0.136. The molecule has 24 heavy (non-hydrogen) atoms. The van der Waals surface area contributed by atoms with E-state index in [1.54, 1.807) is 6.07 Å². The fraction of sp³-hybridized carbons (Fsp3) is 0.333. The number of nitrogens with zero attached hydrogens (tertiary/aromatic N) is 1. The van der Waals surface area contributed by atoms with Crippen LogP contribution in [0.1, 0.15) is 25.3 Å². The fourth-order valence-electron chi connectivity index (χ4n) is 2.98. The van der Waals surface area contributed by atoms with Crippen LogP contribution in [-0.2, 0) is 19.1 Å². The normalized spacial score (nSPS) is 17.9. The van der Waals surface area contributed by atoms with Crippen LogP contribution in [0.3, 0.4) is 0 Å². The summed E-state index contributed by atoms with van der Waals surface area (Å²) in [6, 6.07) is 7.32. The van der Waals surface area contributed by atoms with Gasteiger partial charge in [0.15, 0.2) is 0 Å². The first-order valence-corrected chi connectivity index (χ1v) is 7.83. The summed E-state index contributed by atoms with van der Waals surface area (Å²) in [6.45, 7) is 4.25. The van der Waals surface area contributed by atoms with Crippen molar-refractivity contribution in [3.05, 3.63) is 57.4 Å². The Morgan fingerprint density at radius 1 is 1.29 bits per heavy atom. The predicted octanol–water partition coefficient (Wildman–Crippen LogP) is 3.26. The molecule has 2 rings (SSSR count). The van der Waals surface area contributed by atoms with Crippen molar-refractivity contribution in [3.63, 3.8) is 0 Å². The predicted molar refractivity (Wildman–Crippen MR) is 91.4 cm³/mol. The Kier molecular flexibility index (Phi) is 5.67. The highest BCUT2D eigenvalue weighted by atomic mass is 35.5. The highest BCUT2D eigenvalue weighted by molar-refractivity contribution is 6.31. The molecule has 0 N–H and O–H groups in total. The number of benzene rings is 1. The molecular weight excluding hydrogens is 330 g/mol. The van der Waals surface area contributed by atoms with Gasteiger partial charge in [-0.3, -0.25) is 4.79 Å². The van der Waals surface area contributed by atoms with Gasteiger partial charge in [-0.05, 0) is 31.1 Å². The molecule has 1 aliphatic rings.